The fourth-order valence-corrected chi connectivity index (χ4v) is 4.24. The highest BCUT2D eigenvalue weighted by Gasteiger charge is 2.64. The van der Waals surface area contributed by atoms with Gasteiger partial charge in [0.1, 0.15) is 0 Å². The fraction of sp³-hybridized carbons (Fsp3) is 0.909. The molecule has 6 nitrogen and oxygen atoms in total. The summed E-state index contributed by atoms with van der Waals surface area (Å²) in [6.45, 7) is 22.4. The van der Waals surface area contributed by atoms with Gasteiger partial charge in [0.25, 0.3) is 0 Å². The highest BCUT2D eigenvalue weighted by Crippen LogP contribution is 2.44. The van der Waals surface area contributed by atoms with Crippen LogP contribution in [0.5, 0.6) is 0 Å². The van der Waals surface area contributed by atoms with Crippen LogP contribution < -0.4 is 0 Å². The van der Waals surface area contributed by atoms with Crippen LogP contribution in [0.2, 0.25) is 0 Å². The molecule has 0 spiro atoms. The summed E-state index contributed by atoms with van der Waals surface area (Å²) in [6.07, 6.45) is 1.53. The van der Waals surface area contributed by atoms with Gasteiger partial charge in [-0.05, 0) is 35.0 Å². The Labute approximate surface area is 170 Å². The highest BCUT2D eigenvalue weighted by molar-refractivity contribution is 5.81. The summed E-state index contributed by atoms with van der Waals surface area (Å²) < 4.78 is 0. The maximum Gasteiger partial charge on any atom is 0.420 e. The van der Waals surface area contributed by atoms with Crippen LogP contribution in [0.25, 0.3) is 0 Å². The first-order chi connectivity index (χ1) is 12.4. The fourth-order valence-electron chi connectivity index (χ4n) is 4.24. The van der Waals surface area contributed by atoms with E-state index in [-0.39, 0.29) is 28.1 Å². The van der Waals surface area contributed by atoms with E-state index in [1.807, 2.05) is 34.6 Å². The zero-order valence-corrected chi connectivity index (χ0v) is 19.6. The van der Waals surface area contributed by atoms with Crippen LogP contribution in [0.3, 0.4) is 0 Å². The first-order valence-corrected chi connectivity index (χ1v) is 10.2. The second kappa shape index (κ2) is 8.31. The van der Waals surface area contributed by atoms with Crippen LogP contribution in [0, 0.1) is 34.0 Å². The molecule has 0 bridgehead atoms. The van der Waals surface area contributed by atoms with Gasteiger partial charge in [-0.3, -0.25) is 0 Å². The molecule has 3 atom stereocenters. The Balaban J connectivity index is 2.78. The van der Waals surface area contributed by atoms with E-state index in [9.17, 15) is 9.59 Å². The van der Waals surface area contributed by atoms with Gasteiger partial charge in [0.05, 0.1) is 5.92 Å². The second-order valence-corrected chi connectivity index (χ2v) is 11.9. The summed E-state index contributed by atoms with van der Waals surface area (Å²) in [6, 6.07) is 0. The van der Waals surface area contributed by atoms with E-state index in [0.717, 1.165) is 6.42 Å². The lowest BCUT2D eigenvalue weighted by Crippen LogP contribution is -2.39. The van der Waals surface area contributed by atoms with Gasteiger partial charge in [-0.2, -0.15) is 9.78 Å². The number of carbonyl (C=O) groups is 2. The van der Waals surface area contributed by atoms with Gasteiger partial charge < -0.3 is 0 Å². The summed E-state index contributed by atoms with van der Waals surface area (Å²) in [5.74, 6) is -3.44. The van der Waals surface area contributed by atoms with E-state index in [1.54, 1.807) is 0 Å². The number of carbonyl (C=O) groups excluding carboxylic acids is 2. The largest absolute Gasteiger partial charge is 0.420 e. The predicted octanol–water partition coefficient (Wildman–Crippen LogP) is 5.45. The molecule has 0 aromatic rings. The van der Waals surface area contributed by atoms with Crippen molar-refractivity contribution in [1.29, 1.82) is 0 Å². The first-order valence-electron chi connectivity index (χ1n) is 10.2. The van der Waals surface area contributed by atoms with Crippen LogP contribution in [0.1, 0.15) is 89.0 Å². The highest BCUT2D eigenvalue weighted by atomic mass is 17.4. The average Bonchev–Trinajstić information content (AvgIpc) is 3.20. The minimum Gasteiger partial charge on any atom is -0.247 e. The van der Waals surface area contributed by atoms with Crippen LogP contribution >= 0.6 is 0 Å². The zero-order valence-electron chi connectivity index (χ0n) is 19.6. The topological polar surface area (TPSA) is 77.7 Å². The van der Waals surface area contributed by atoms with Crippen molar-refractivity contribution >= 4 is 11.9 Å². The standard InChI is InChI=1S/C22H40O6/c1-14(12-19(3,4)5)16(21(9,10)11)17(23)25-26-18(24)22(27-28-22)15(2)13-20(6,7)8/h14-16H,12-13H2,1-11H3. The van der Waals surface area contributed by atoms with E-state index < -0.39 is 23.6 Å². The maximum atomic E-state index is 12.8. The molecule has 6 heteroatoms. The van der Waals surface area contributed by atoms with Gasteiger partial charge in [-0.15, -0.1) is 0 Å². The molecule has 28 heavy (non-hydrogen) atoms. The van der Waals surface area contributed by atoms with Crippen molar-refractivity contribution in [2.24, 2.45) is 34.0 Å². The van der Waals surface area contributed by atoms with Gasteiger partial charge in [0, 0.05) is 5.92 Å². The van der Waals surface area contributed by atoms with Crippen LogP contribution in [0.4, 0.5) is 0 Å². The molecule has 0 aliphatic carbocycles. The lowest BCUT2D eigenvalue weighted by molar-refractivity contribution is -0.271. The van der Waals surface area contributed by atoms with Crippen LogP contribution in [0.15, 0.2) is 0 Å². The van der Waals surface area contributed by atoms with Crippen LogP contribution in [-0.2, 0) is 29.1 Å². The van der Waals surface area contributed by atoms with E-state index in [1.165, 1.54) is 0 Å². The third-order valence-electron chi connectivity index (χ3n) is 5.00. The molecule has 0 N–H and O–H groups in total. The Hall–Kier alpha value is -1.14. The molecule has 1 aliphatic heterocycles. The molecule has 1 aliphatic rings. The number of hydrogen-bond acceptors (Lipinski definition) is 6. The Bertz CT molecular complexity index is 557. The Morgan fingerprint density at radius 1 is 0.821 bits per heavy atom. The van der Waals surface area contributed by atoms with Crippen molar-refractivity contribution in [3.8, 4) is 0 Å². The Morgan fingerprint density at radius 3 is 1.64 bits per heavy atom. The first kappa shape index (κ1) is 24.9. The third-order valence-corrected chi connectivity index (χ3v) is 5.00. The van der Waals surface area contributed by atoms with Crippen molar-refractivity contribution in [3.05, 3.63) is 0 Å². The van der Waals surface area contributed by atoms with Crippen molar-refractivity contribution in [1.82, 2.24) is 0 Å². The van der Waals surface area contributed by atoms with Crippen LogP contribution in [-0.4, -0.2) is 17.7 Å². The Morgan fingerprint density at radius 2 is 1.29 bits per heavy atom. The van der Waals surface area contributed by atoms with E-state index >= 15 is 0 Å². The molecule has 164 valence electrons. The van der Waals surface area contributed by atoms with Gasteiger partial charge >= 0.3 is 17.7 Å². The lowest BCUT2D eigenvalue weighted by atomic mass is 9.69. The molecule has 1 fully saturated rings. The molecule has 1 saturated heterocycles. The summed E-state index contributed by atoms with van der Waals surface area (Å²) in [7, 11) is 0. The van der Waals surface area contributed by atoms with E-state index in [4.69, 9.17) is 19.6 Å². The molecular formula is C22H40O6. The second-order valence-electron chi connectivity index (χ2n) is 11.9. The molecule has 1 heterocycles. The smallest absolute Gasteiger partial charge is 0.247 e. The molecule has 0 saturated carbocycles. The number of hydrogen-bond donors (Lipinski definition) is 0. The molecule has 0 amide bonds. The molecule has 3 unspecified atom stereocenters. The van der Waals surface area contributed by atoms with Crippen molar-refractivity contribution in [2.45, 2.75) is 94.8 Å². The van der Waals surface area contributed by atoms with Crippen molar-refractivity contribution in [2.75, 3.05) is 0 Å². The summed E-state index contributed by atoms with van der Waals surface area (Å²) in [4.78, 5) is 45.1. The van der Waals surface area contributed by atoms with Gasteiger partial charge in [0.2, 0.25) is 0 Å². The van der Waals surface area contributed by atoms with Crippen molar-refractivity contribution < 1.29 is 29.1 Å². The van der Waals surface area contributed by atoms with Gasteiger partial charge in [-0.1, -0.05) is 76.2 Å². The number of rotatable bonds is 6. The molecule has 0 aromatic carbocycles. The molecular weight excluding hydrogens is 360 g/mol. The van der Waals surface area contributed by atoms with Gasteiger partial charge in [0.15, 0.2) is 0 Å². The van der Waals surface area contributed by atoms with E-state index in [2.05, 4.69) is 41.5 Å². The normalized spacial score (nSPS) is 20.1. The summed E-state index contributed by atoms with van der Waals surface area (Å²) in [5, 5.41) is 0. The zero-order chi connectivity index (χ0) is 22.1. The quantitative estimate of drug-likeness (QED) is 0.335. The monoisotopic (exact) mass is 400 g/mol. The van der Waals surface area contributed by atoms with Gasteiger partial charge in [-0.25, -0.2) is 19.4 Å². The molecule has 0 aromatic heterocycles. The molecule has 1 rings (SSSR count). The minimum absolute atomic E-state index is 0.0155. The minimum atomic E-state index is -1.48. The molecule has 0 radical (unpaired) electrons. The maximum absolute atomic E-state index is 12.8. The summed E-state index contributed by atoms with van der Waals surface area (Å²) in [5.41, 5.74) is -0.279. The Kier molecular flexibility index (Phi) is 7.39. The summed E-state index contributed by atoms with van der Waals surface area (Å²) >= 11 is 0. The SMILES string of the molecule is CC(CC(C)(C)C)C(C(=O)OOC(=O)C1(C(C)CC(C)(C)C)OO1)C(C)(C)C. The third kappa shape index (κ3) is 7.03. The van der Waals surface area contributed by atoms with Crippen molar-refractivity contribution in [3.63, 3.8) is 0 Å². The average molecular weight is 401 g/mol. The van der Waals surface area contributed by atoms with E-state index in [0.29, 0.717) is 6.42 Å². The predicted molar refractivity (Wildman–Crippen MR) is 107 cm³/mol. The lowest BCUT2D eigenvalue weighted by Gasteiger charge is -2.35.